The van der Waals surface area contributed by atoms with Gasteiger partial charge in [-0.1, -0.05) is 35.4 Å². The number of anilines is 5. The van der Waals surface area contributed by atoms with Gasteiger partial charge in [-0.3, -0.25) is 0 Å². The zero-order valence-electron chi connectivity index (χ0n) is 23.0. The van der Waals surface area contributed by atoms with Crippen molar-refractivity contribution < 1.29 is 4.79 Å². The number of primary amides is 1. The minimum Gasteiger partial charge on any atom is -0.351 e. The van der Waals surface area contributed by atoms with Gasteiger partial charge in [0.25, 0.3) is 0 Å². The van der Waals surface area contributed by atoms with Gasteiger partial charge in [-0.25, -0.2) is 4.79 Å². The molecule has 0 atom stereocenters. The van der Waals surface area contributed by atoms with E-state index in [-0.39, 0.29) is 17.2 Å². The number of rotatable bonds is 7. The molecule has 1 heterocycles. The molecule has 0 aliphatic heterocycles. The van der Waals surface area contributed by atoms with E-state index in [1.54, 1.807) is 18.2 Å². The number of aromatic nitrogens is 3. The molecule has 0 radical (unpaired) electrons. The number of halogens is 1. The fourth-order valence-corrected chi connectivity index (χ4v) is 4.61. The number of carbonyl (C=O) groups is 1. The number of hydrogen-bond donors (Lipinski definition) is 4. The lowest BCUT2D eigenvalue weighted by Gasteiger charge is -2.11. The fourth-order valence-electron chi connectivity index (χ4n) is 4.45. The van der Waals surface area contributed by atoms with Gasteiger partial charge in [-0.2, -0.15) is 20.1 Å². The molecule has 5 N–H and O–H groups in total. The predicted molar refractivity (Wildman–Crippen MR) is 165 cm³/mol. The number of benzene rings is 4. The summed E-state index contributed by atoms with van der Waals surface area (Å²) < 4.78 is 0. The van der Waals surface area contributed by atoms with Crippen LogP contribution < -0.4 is 21.7 Å². The third-order valence-corrected chi connectivity index (χ3v) is 6.48. The Morgan fingerprint density at radius 3 is 2.07 bits per heavy atom. The monoisotopic (exact) mass is 565 g/mol. The van der Waals surface area contributed by atoms with Gasteiger partial charge in [-0.05, 0) is 104 Å². The van der Waals surface area contributed by atoms with Gasteiger partial charge in [0.05, 0.1) is 11.4 Å². The van der Waals surface area contributed by atoms with Crippen molar-refractivity contribution in [1.82, 2.24) is 15.0 Å². The molecule has 41 heavy (non-hydrogen) atoms. The molecule has 1 aromatic heterocycles. The van der Waals surface area contributed by atoms with E-state index in [1.807, 2.05) is 43.3 Å². The lowest BCUT2D eigenvalue weighted by molar-refractivity contribution is 0.259. The molecule has 0 spiro atoms. The highest BCUT2D eigenvalue weighted by atomic mass is 35.5. The van der Waals surface area contributed by atoms with Crippen molar-refractivity contribution in [3.8, 4) is 0 Å². The number of aryl methyl sites for hydroxylation is 4. The first-order chi connectivity index (χ1) is 19.6. The molecule has 0 unspecified atom stereocenters. The van der Waals surface area contributed by atoms with Gasteiger partial charge in [0.15, 0.2) is 0 Å². The minimum absolute atomic E-state index is 0.00842. The summed E-state index contributed by atoms with van der Waals surface area (Å²) in [7, 11) is 0. The van der Waals surface area contributed by atoms with Gasteiger partial charge in [0, 0.05) is 11.4 Å². The number of nitrogens with two attached hydrogens (primary N) is 1. The third-order valence-electron chi connectivity index (χ3n) is 6.31. The smallest absolute Gasteiger partial charge is 0.316 e. The zero-order valence-corrected chi connectivity index (χ0v) is 23.7. The number of nitrogens with one attached hydrogen (secondary N) is 3. The van der Waals surface area contributed by atoms with Crippen molar-refractivity contribution in [3.63, 3.8) is 0 Å². The van der Waals surface area contributed by atoms with Crippen molar-refractivity contribution in [2.75, 3.05) is 16.0 Å². The first-order valence-electron chi connectivity index (χ1n) is 12.8. The molecule has 5 rings (SSSR count). The highest BCUT2D eigenvalue weighted by Gasteiger charge is 2.11. The lowest BCUT2D eigenvalue weighted by Crippen LogP contribution is -2.19. The van der Waals surface area contributed by atoms with Crippen molar-refractivity contribution in [1.29, 1.82) is 0 Å². The van der Waals surface area contributed by atoms with Crippen LogP contribution in [0.15, 0.2) is 77.0 Å². The quantitative estimate of drug-likeness (QED) is 0.146. The maximum absolute atomic E-state index is 11.8. The first-order valence-corrected chi connectivity index (χ1v) is 13.2. The third kappa shape index (κ3) is 6.74. The molecule has 4 aromatic carbocycles. The minimum atomic E-state index is -0.737. The molecule has 10 nitrogen and oxygen atoms in total. The summed E-state index contributed by atoms with van der Waals surface area (Å²) in [4.78, 5) is 24.5. The summed E-state index contributed by atoms with van der Waals surface area (Å²) in [6.07, 6.45) is 0. The summed E-state index contributed by atoms with van der Waals surface area (Å²) in [6.45, 7) is 8.22. The Hall–Kier alpha value is -5.09. The van der Waals surface area contributed by atoms with E-state index < -0.39 is 6.03 Å². The number of nitrogens with zero attached hydrogens (tertiary/aromatic N) is 5. The number of urea groups is 1. The molecule has 11 heteroatoms. The second-order valence-corrected chi connectivity index (χ2v) is 10.1. The van der Waals surface area contributed by atoms with Crippen LogP contribution in [0.3, 0.4) is 0 Å². The molecule has 0 saturated carbocycles. The van der Waals surface area contributed by atoms with Crippen molar-refractivity contribution in [2.24, 2.45) is 16.0 Å². The van der Waals surface area contributed by atoms with Crippen LogP contribution >= 0.6 is 11.6 Å². The molecular formula is C30H28ClN9O. The standard InChI is InChI=1S/C30H28ClN9O/c1-16-5-7-20(8-6-16)33-29-36-27(31)37-30(38-29)34-21-9-10-25(26(15-21)35-28(32)41)40-39-22-13-19(4)23-12-17(2)11-18(3)24(23)14-22/h5-15H,1-4H3,(H3,32,35,41)(H2,33,34,36,37,38). The van der Waals surface area contributed by atoms with E-state index in [4.69, 9.17) is 17.3 Å². The van der Waals surface area contributed by atoms with E-state index in [0.717, 1.165) is 22.2 Å². The number of fused-ring (bicyclic) bond motifs is 1. The molecule has 0 fully saturated rings. The molecule has 206 valence electrons. The van der Waals surface area contributed by atoms with Gasteiger partial charge < -0.3 is 21.7 Å². The van der Waals surface area contributed by atoms with E-state index in [2.05, 4.69) is 74.0 Å². The van der Waals surface area contributed by atoms with Crippen LogP contribution in [0, 0.1) is 27.7 Å². The first kappa shape index (κ1) is 27.5. The molecule has 2 amide bonds. The second kappa shape index (κ2) is 11.6. The van der Waals surface area contributed by atoms with Gasteiger partial charge in [-0.15, -0.1) is 5.11 Å². The Kier molecular flexibility index (Phi) is 7.75. The summed E-state index contributed by atoms with van der Waals surface area (Å²) >= 11 is 6.15. The van der Waals surface area contributed by atoms with Crippen molar-refractivity contribution >= 4 is 68.7 Å². The summed E-state index contributed by atoms with van der Waals surface area (Å²) in [6, 6.07) is 20.4. The SMILES string of the molecule is Cc1ccc(Nc2nc(Cl)nc(Nc3ccc(N=Nc4cc(C)c5cc(C)cc(C)c5c4)c(NC(N)=O)c3)n2)cc1. The Bertz CT molecular complexity index is 1800. The predicted octanol–water partition coefficient (Wildman–Crippen LogP) is 8.31. The maximum Gasteiger partial charge on any atom is 0.316 e. The summed E-state index contributed by atoms with van der Waals surface area (Å²) in [5.74, 6) is 0.476. The molecule has 0 aliphatic carbocycles. The Balaban J connectivity index is 1.41. The van der Waals surface area contributed by atoms with E-state index in [9.17, 15) is 4.79 Å². The van der Waals surface area contributed by atoms with Crippen LogP contribution in [0.25, 0.3) is 10.8 Å². The highest BCUT2D eigenvalue weighted by Crippen LogP contribution is 2.33. The van der Waals surface area contributed by atoms with Crippen LogP contribution in [0.5, 0.6) is 0 Å². The van der Waals surface area contributed by atoms with E-state index in [1.165, 1.54) is 16.5 Å². The van der Waals surface area contributed by atoms with Crippen LogP contribution in [0.4, 0.5) is 45.1 Å². The van der Waals surface area contributed by atoms with Crippen LogP contribution in [0.2, 0.25) is 5.28 Å². The number of hydrogen-bond acceptors (Lipinski definition) is 8. The maximum atomic E-state index is 11.8. The number of azo groups is 1. The fraction of sp³-hybridized carbons (Fsp3) is 0.133. The van der Waals surface area contributed by atoms with Crippen molar-refractivity contribution in [3.05, 3.63) is 94.3 Å². The van der Waals surface area contributed by atoms with Crippen molar-refractivity contribution in [2.45, 2.75) is 27.7 Å². The van der Waals surface area contributed by atoms with Gasteiger partial charge in [0.1, 0.15) is 5.69 Å². The Labute approximate surface area is 242 Å². The normalized spacial score (nSPS) is 11.1. The molecule has 0 bridgehead atoms. The number of amides is 2. The average molecular weight is 566 g/mol. The Morgan fingerprint density at radius 1 is 0.732 bits per heavy atom. The van der Waals surface area contributed by atoms with E-state index in [0.29, 0.717) is 22.7 Å². The van der Waals surface area contributed by atoms with Crippen LogP contribution in [-0.2, 0) is 0 Å². The lowest BCUT2D eigenvalue weighted by atomic mass is 9.98. The van der Waals surface area contributed by atoms with Crippen LogP contribution in [0.1, 0.15) is 22.3 Å². The van der Waals surface area contributed by atoms with E-state index >= 15 is 0 Å². The topological polar surface area (TPSA) is 143 Å². The van der Waals surface area contributed by atoms with Crippen LogP contribution in [-0.4, -0.2) is 21.0 Å². The van der Waals surface area contributed by atoms with Gasteiger partial charge in [0.2, 0.25) is 17.2 Å². The second-order valence-electron chi connectivity index (χ2n) is 9.73. The molecule has 0 saturated heterocycles. The number of carbonyl (C=O) groups excluding carboxylic acids is 1. The average Bonchev–Trinajstić information content (AvgIpc) is 2.89. The summed E-state index contributed by atoms with van der Waals surface area (Å²) in [5, 5.41) is 20.0. The zero-order chi connectivity index (χ0) is 29.1. The molecule has 0 aliphatic rings. The highest BCUT2D eigenvalue weighted by molar-refractivity contribution is 6.28. The Morgan fingerprint density at radius 2 is 1.37 bits per heavy atom. The van der Waals surface area contributed by atoms with Gasteiger partial charge >= 0.3 is 6.03 Å². The molecular weight excluding hydrogens is 538 g/mol. The summed E-state index contributed by atoms with van der Waals surface area (Å²) in [5.41, 5.74) is 12.9. The molecule has 5 aromatic rings. The largest absolute Gasteiger partial charge is 0.351 e.